The molecule has 1 atom stereocenters. The first-order valence-corrected chi connectivity index (χ1v) is 9.75. The fourth-order valence-corrected chi connectivity index (χ4v) is 4.02. The first kappa shape index (κ1) is 20.4. The maximum atomic E-state index is 13.3. The van der Waals surface area contributed by atoms with Crippen LogP contribution in [0.5, 0.6) is 0 Å². The lowest BCUT2D eigenvalue weighted by atomic mass is 10.1. The van der Waals surface area contributed by atoms with Crippen LogP contribution in [0, 0.1) is 5.82 Å². The molecule has 3 heterocycles. The summed E-state index contributed by atoms with van der Waals surface area (Å²) in [4.78, 5) is 17.6. The highest BCUT2D eigenvalue weighted by Crippen LogP contribution is 2.22. The van der Waals surface area contributed by atoms with E-state index in [-0.39, 0.29) is 30.2 Å². The molecule has 0 saturated carbocycles. The van der Waals surface area contributed by atoms with Crippen LogP contribution in [-0.4, -0.2) is 33.8 Å². The molecule has 0 bridgehead atoms. The van der Waals surface area contributed by atoms with Gasteiger partial charge in [-0.05, 0) is 43.1 Å². The van der Waals surface area contributed by atoms with Gasteiger partial charge in [-0.3, -0.25) is 14.8 Å². The van der Waals surface area contributed by atoms with Crippen LogP contribution in [0.15, 0.2) is 42.7 Å². The third-order valence-electron chi connectivity index (χ3n) is 4.53. The van der Waals surface area contributed by atoms with Gasteiger partial charge in [0.1, 0.15) is 5.82 Å². The molecule has 1 fully saturated rings. The van der Waals surface area contributed by atoms with Gasteiger partial charge in [0.05, 0.1) is 6.04 Å². The second kappa shape index (κ2) is 9.27. The Morgan fingerprint density at radius 2 is 2.29 bits per heavy atom. The average molecular weight is 422 g/mol. The zero-order valence-electron chi connectivity index (χ0n) is 15.1. The normalized spacial score (nSPS) is 16.4. The average Bonchev–Trinajstić information content (AvgIpc) is 3.32. The van der Waals surface area contributed by atoms with Crippen LogP contribution in [0.1, 0.15) is 39.8 Å². The molecule has 1 unspecified atom stereocenters. The molecule has 1 saturated heterocycles. The quantitative estimate of drug-likeness (QED) is 0.659. The van der Waals surface area contributed by atoms with Crippen LogP contribution in [-0.2, 0) is 6.42 Å². The molecule has 28 heavy (non-hydrogen) atoms. The lowest BCUT2D eigenvalue weighted by molar-refractivity contribution is 0.102. The Balaban J connectivity index is 0.00000225. The Bertz CT molecular complexity index is 938. The minimum Gasteiger partial charge on any atom is -0.315 e. The lowest BCUT2D eigenvalue weighted by Gasteiger charge is -2.22. The van der Waals surface area contributed by atoms with Gasteiger partial charge in [-0.25, -0.2) is 9.37 Å². The molecule has 1 amide bonds. The van der Waals surface area contributed by atoms with Crippen molar-refractivity contribution in [2.75, 3.05) is 18.4 Å². The molecular formula is C19H21ClFN5OS. The Kier molecular flexibility index (Phi) is 6.77. The molecule has 0 radical (unpaired) electrons. The number of amides is 1. The van der Waals surface area contributed by atoms with Crippen molar-refractivity contribution in [2.45, 2.75) is 25.3 Å². The highest BCUT2D eigenvalue weighted by molar-refractivity contribution is 7.15. The number of carbonyl (C=O) groups excluding carboxylic acids is 1. The fraction of sp³-hybridized carbons (Fsp3) is 0.316. The van der Waals surface area contributed by atoms with Crippen LogP contribution < -0.4 is 10.6 Å². The number of piperidine rings is 1. The summed E-state index contributed by atoms with van der Waals surface area (Å²) in [7, 11) is 0. The second-order valence-electron chi connectivity index (χ2n) is 6.57. The fourth-order valence-electron chi connectivity index (χ4n) is 3.18. The van der Waals surface area contributed by atoms with Gasteiger partial charge in [0.2, 0.25) is 0 Å². The van der Waals surface area contributed by atoms with Gasteiger partial charge in [0.15, 0.2) is 10.8 Å². The van der Waals surface area contributed by atoms with Crippen LogP contribution in [0.3, 0.4) is 0 Å². The highest BCUT2D eigenvalue weighted by Gasteiger charge is 2.18. The molecule has 1 aliphatic rings. The lowest BCUT2D eigenvalue weighted by Crippen LogP contribution is -2.32. The predicted octanol–water partition coefficient (Wildman–Crippen LogP) is 3.67. The van der Waals surface area contributed by atoms with Crippen molar-refractivity contribution in [3.8, 4) is 0 Å². The Morgan fingerprint density at radius 1 is 1.39 bits per heavy atom. The number of halogens is 2. The van der Waals surface area contributed by atoms with E-state index in [2.05, 4.69) is 20.7 Å². The SMILES string of the molecule is Cl.O=C(Nc1ncc(Cc2cccc(F)c2)s1)c1ccn(C2CCCNC2)n1. The van der Waals surface area contributed by atoms with E-state index in [1.807, 2.05) is 16.9 Å². The predicted molar refractivity (Wildman–Crippen MR) is 110 cm³/mol. The number of carbonyl (C=O) groups is 1. The molecule has 148 valence electrons. The Hall–Kier alpha value is -2.29. The minimum absolute atomic E-state index is 0. The Morgan fingerprint density at radius 3 is 3.07 bits per heavy atom. The number of rotatable bonds is 5. The highest BCUT2D eigenvalue weighted by atomic mass is 35.5. The number of anilines is 1. The van der Waals surface area contributed by atoms with Crippen molar-refractivity contribution in [2.24, 2.45) is 0 Å². The maximum Gasteiger partial charge on any atom is 0.277 e. The molecule has 0 aliphatic carbocycles. The third-order valence-corrected chi connectivity index (χ3v) is 5.44. The summed E-state index contributed by atoms with van der Waals surface area (Å²) in [5.41, 5.74) is 1.25. The van der Waals surface area contributed by atoms with E-state index in [9.17, 15) is 9.18 Å². The number of hydrogen-bond acceptors (Lipinski definition) is 5. The van der Waals surface area contributed by atoms with Gasteiger partial charge in [-0.1, -0.05) is 12.1 Å². The van der Waals surface area contributed by atoms with Gasteiger partial charge in [0.25, 0.3) is 5.91 Å². The van der Waals surface area contributed by atoms with Crippen molar-refractivity contribution in [1.82, 2.24) is 20.1 Å². The number of thiazole rings is 1. The van der Waals surface area contributed by atoms with Crippen LogP contribution in [0.2, 0.25) is 0 Å². The monoisotopic (exact) mass is 421 g/mol. The van der Waals surface area contributed by atoms with Crippen molar-refractivity contribution in [3.63, 3.8) is 0 Å². The number of nitrogens with one attached hydrogen (secondary N) is 2. The summed E-state index contributed by atoms with van der Waals surface area (Å²) in [6, 6.07) is 8.50. The van der Waals surface area contributed by atoms with E-state index in [1.54, 1.807) is 18.3 Å². The van der Waals surface area contributed by atoms with Crippen LogP contribution >= 0.6 is 23.7 Å². The van der Waals surface area contributed by atoms with E-state index in [0.717, 1.165) is 36.4 Å². The molecule has 2 aromatic heterocycles. The first-order chi connectivity index (χ1) is 13.2. The molecule has 1 aromatic carbocycles. The molecule has 2 N–H and O–H groups in total. The van der Waals surface area contributed by atoms with Crippen LogP contribution in [0.4, 0.5) is 9.52 Å². The topological polar surface area (TPSA) is 71.8 Å². The smallest absolute Gasteiger partial charge is 0.277 e. The molecular weight excluding hydrogens is 401 g/mol. The zero-order valence-corrected chi connectivity index (χ0v) is 16.7. The van der Waals surface area contributed by atoms with Gasteiger partial charge in [0, 0.05) is 30.2 Å². The number of hydrogen-bond donors (Lipinski definition) is 2. The molecule has 0 spiro atoms. The van der Waals surface area contributed by atoms with Gasteiger partial charge in [-0.2, -0.15) is 5.10 Å². The van der Waals surface area contributed by atoms with E-state index in [1.165, 1.54) is 23.5 Å². The van der Waals surface area contributed by atoms with Crippen molar-refractivity contribution in [3.05, 3.63) is 64.7 Å². The molecule has 3 aromatic rings. The summed E-state index contributed by atoms with van der Waals surface area (Å²) < 4.78 is 15.1. The largest absolute Gasteiger partial charge is 0.315 e. The number of aromatic nitrogens is 3. The van der Waals surface area contributed by atoms with E-state index in [0.29, 0.717) is 17.2 Å². The Labute approximate surface area is 172 Å². The maximum absolute atomic E-state index is 13.3. The number of nitrogens with zero attached hydrogens (tertiary/aromatic N) is 3. The minimum atomic E-state index is -0.274. The van der Waals surface area contributed by atoms with E-state index in [4.69, 9.17) is 0 Å². The second-order valence-corrected chi connectivity index (χ2v) is 7.69. The van der Waals surface area contributed by atoms with Gasteiger partial charge >= 0.3 is 0 Å². The van der Waals surface area contributed by atoms with Gasteiger partial charge in [-0.15, -0.1) is 23.7 Å². The summed E-state index contributed by atoms with van der Waals surface area (Å²) in [6.07, 6.45) is 6.31. The summed E-state index contributed by atoms with van der Waals surface area (Å²) in [5, 5.41) is 11.1. The zero-order chi connectivity index (χ0) is 18.6. The van der Waals surface area contributed by atoms with E-state index >= 15 is 0 Å². The third kappa shape index (κ3) is 4.95. The standard InChI is InChI=1S/C19H20FN5OS.ClH/c20-14-4-1-3-13(9-14)10-16-12-22-19(27-16)23-18(26)17-6-8-25(24-17)15-5-2-7-21-11-15;/h1,3-4,6,8-9,12,15,21H,2,5,7,10-11H2,(H,22,23,26);1H. The summed E-state index contributed by atoms with van der Waals surface area (Å²) in [5.74, 6) is -0.529. The van der Waals surface area contributed by atoms with Crippen LogP contribution in [0.25, 0.3) is 0 Å². The molecule has 4 rings (SSSR count). The van der Waals surface area contributed by atoms with Crippen molar-refractivity contribution >= 4 is 34.8 Å². The van der Waals surface area contributed by atoms with E-state index < -0.39 is 0 Å². The summed E-state index contributed by atoms with van der Waals surface area (Å²) in [6.45, 7) is 1.91. The number of benzene rings is 1. The molecule has 6 nitrogen and oxygen atoms in total. The van der Waals surface area contributed by atoms with Crippen molar-refractivity contribution < 1.29 is 9.18 Å². The first-order valence-electron chi connectivity index (χ1n) is 8.94. The molecule has 1 aliphatic heterocycles. The van der Waals surface area contributed by atoms with Crippen molar-refractivity contribution in [1.29, 1.82) is 0 Å². The summed E-state index contributed by atoms with van der Waals surface area (Å²) >= 11 is 1.38. The molecule has 9 heteroatoms. The van der Waals surface area contributed by atoms with Gasteiger partial charge < -0.3 is 5.32 Å².